The molecular formula is C14H20O. The van der Waals surface area contributed by atoms with Gasteiger partial charge in [-0.2, -0.15) is 0 Å². The smallest absolute Gasteiger partial charge is 0.126 e. The molecule has 0 heterocycles. The first-order valence-corrected chi connectivity index (χ1v) is 5.21. The average molecular weight is 204 g/mol. The van der Waals surface area contributed by atoms with Crippen LogP contribution in [-0.4, -0.2) is 7.11 Å². The Bertz CT molecular complexity index is 324. The van der Waals surface area contributed by atoms with E-state index in [1.807, 2.05) is 32.1 Å². The van der Waals surface area contributed by atoms with Crippen molar-refractivity contribution in [3.63, 3.8) is 0 Å². The minimum absolute atomic E-state index is 0.846. The van der Waals surface area contributed by atoms with Crippen LogP contribution in [-0.2, 0) is 4.74 Å². The molecule has 0 atom stereocenters. The van der Waals surface area contributed by atoms with Crippen molar-refractivity contribution in [3.8, 4) is 0 Å². The van der Waals surface area contributed by atoms with Crippen molar-refractivity contribution in [2.75, 3.05) is 7.11 Å². The Kier molecular flexibility index (Phi) is 7.08. The summed E-state index contributed by atoms with van der Waals surface area (Å²) in [6.45, 7) is 9.70. The Morgan fingerprint density at radius 2 is 2.00 bits per heavy atom. The maximum Gasteiger partial charge on any atom is 0.126 e. The zero-order chi connectivity index (χ0) is 11.7. The molecule has 1 heteroatoms. The highest BCUT2D eigenvalue weighted by molar-refractivity contribution is 5.61. The molecule has 1 aromatic carbocycles. The van der Waals surface area contributed by atoms with E-state index in [1.165, 1.54) is 5.56 Å². The quantitative estimate of drug-likeness (QED) is 0.529. The molecule has 0 amide bonds. The van der Waals surface area contributed by atoms with E-state index in [0.29, 0.717) is 0 Å². The van der Waals surface area contributed by atoms with Gasteiger partial charge in [0.2, 0.25) is 0 Å². The predicted octanol–water partition coefficient (Wildman–Crippen LogP) is 4.19. The Morgan fingerprint density at radius 3 is 2.47 bits per heavy atom. The molecular weight excluding hydrogens is 184 g/mol. The summed E-state index contributed by atoms with van der Waals surface area (Å²) in [4.78, 5) is 0. The molecule has 1 rings (SSSR count). The molecule has 0 radical (unpaired) electrons. The summed E-state index contributed by atoms with van der Waals surface area (Å²) in [7, 11) is 1.66. The van der Waals surface area contributed by atoms with Crippen LogP contribution < -0.4 is 0 Å². The zero-order valence-corrected chi connectivity index (χ0v) is 10.1. The fourth-order valence-electron chi connectivity index (χ4n) is 1.19. The van der Waals surface area contributed by atoms with Gasteiger partial charge in [-0.05, 0) is 19.1 Å². The van der Waals surface area contributed by atoms with Crippen molar-refractivity contribution in [2.24, 2.45) is 0 Å². The highest BCUT2D eigenvalue weighted by Gasteiger charge is 1.98. The van der Waals surface area contributed by atoms with Crippen molar-refractivity contribution in [3.05, 3.63) is 54.1 Å². The normalized spacial score (nSPS) is 10.0. The van der Waals surface area contributed by atoms with E-state index in [-0.39, 0.29) is 0 Å². The molecule has 0 saturated carbocycles. The first-order chi connectivity index (χ1) is 7.27. The minimum atomic E-state index is 0.846. The summed E-state index contributed by atoms with van der Waals surface area (Å²) >= 11 is 0. The van der Waals surface area contributed by atoms with Crippen LogP contribution in [0.2, 0.25) is 0 Å². The van der Waals surface area contributed by atoms with Crippen LogP contribution >= 0.6 is 0 Å². The number of methoxy groups -OCH3 is 1. The van der Waals surface area contributed by atoms with Gasteiger partial charge in [-0.25, -0.2) is 0 Å². The van der Waals surface area contributed by atoms with E-state index >= 15 is 0 Å². The van der Waals surface area contributed by atoms with Crippen molar-refractivity contribution in [1.29, 1.82) is 0 Å². The number of rotatable bonds is 3. The lowest BCUT2D eigenvalue weighted by atomic mass is 10.1. The molecule has 0 spiro atoms. The summed E-state index contributed by atoms with van der Waals surface area (Å²) in [5.41, 5.74) is 2.31. The second-order valence-corrected chi connectivity index (χ2v) is 2.84. The Balaban J connectivity index is 0.000000921. The van der Waals surface area contributed by atoms with Crippen LogP contribution in [0.5, 0.6) is 0 Å². The molecule has 0 fully saturated rings. The van der Waals surface area contributed by atoms with Crippen molar-refractivity contribution in [2.45, 2.75) is 20.8 Å². The Morgan fingerprint density at radius 1 is 1.33 bits per heavy atom. The van der Waals surface area contributed by atoms with E-state index in [2.05, 4.69) is 25.6 Å². The van der Waals surface area contributed by atoms with Crippen LogP contribution in [0.1, 0.15) is 25.0 Å². The molecule has 1 aromatic rings. The largest absolute Gasteiger partial charge is 0.496 e. The molecule has 0 aliphatic rings. The molecule has 82 valence electrons. The summed E-state index contributed by atoms with van der Waals surface area (Å²) in [6, 6.07) is 8.18. The van der Waals surface area contributed by atoms with Gasteiger partial charge in [0.1, 0.15) is 5.76 Å². The van der Waals surface area contributed by atoms with Crippen LogP contribution in [0.25, 0.3) is 5.76 Å². The number of hydrogen-bond acceptors (Lipinski definition) is 1. The molecule has 0 aliphatic heterocycles. The fourth-order valence-corrected chi connectivity index (χ4v) is 1.19. The van der Waals surface area contributed by atoms with E-state index < -0.39 is 0 Å². The third-order valence-electron chi connectivity index (χ3n) is 1.79. The van der Waals surface area contributed by atoms with E-state index in [9.17, 15) is 0 Å². The summed E-state index contributed by atoms with van der Waals surface area (Å²) < 4.78 is 5.22. The van der Waals surface area contributed by atoms with Gasteiger partial charge in [0.15, 0.2) is 0 Å². The van der Waals surface area contributed by atoms with Crippen molar-refractivity contribution < 1.29 is 4.74 Å². The predicted molar refractivity (Wildman–Crippen MR) is 67.7 cm³/mol. The molecule has 0 bridgehead atoms. The molecule has 0 aliphatic carbocycles. The molecule has 0 aromatic heterocycles. The summed E-state index contributed by atoms with van der Waals surface area (Å²) in [6.07, 6.45) is 3.58. The lowest BCUT2D eigenvalue weighted by Gasteiger charge is -2.05. The second kappa shape index (κ2) is 7.86. The maximum atomic E-state index is 5.22. The van der Waals surface area contributed by atoms with Gasteiger partial charge in [-0.1, -0.05) is 50.3 Å². The standard InChI is InChI=1S/C12H14O.C2H6/c1-4-6-12(13-3)11-8-5-7-10(2)9-11;1-2/h4-9H,1H2,2-3H3;1-2H3/b12-6-;. The van der Waals surface area contributed by atoms with Gasteiger partial charge in [0.25, 0.3) is 0 Å². The fraction of sp³-hybridized carbons (Fsp3) is 0.286. The first-order valence-electron chi connectivity index (χ1n) is 5.21. The zero-order valence-electron chi connectivity index (χ0n) is 10.1. The van der Waals surface area contributed by atoms with Crippen LogP contribution in [0.15, 0.2) is 43.0 Å². The summed E-state index contributed by atoms with van der Waals surface area (Å²) in [5, 5.41) is 0. The molecule has 0 saturated heterocycles. The van der Waals surface area contributed by atoms with Crippen molar-refractivity contribution >= 4 is 5.76 Å². The lowest BCUT2D eigenvalue weighted by molar-refractivity contribution is 0.370. The number of ether oxygens (including phenoxy) is 1. The molecule has 0 N–H and O–H groups in total. The SMILES string of the molecule is C=C/C=C(\OC)c1cccc(C)c1.CC. The average Bonchev–Trinajstić information content (AvgIpc) is 2.28. The van der Waals surface area contributed by atoms with E-state index in [4.69, 9.17) is 4.74 Å². The summed E-state index contributed by atoms with van der Waals surface area (Å²) in [5.74, 6) is 0.846. The van der Waals surface area contributed by atoms with Crippen LogP contribution in [0, 0.1) is 6.92 Å². The number of hydrogen-bond donors (Lipinski definition) is 0. The third-order valence-corrected chi connectivity index (χ3v) is 1.79. The van der Waals surface area contributed by atoms with E-state index in [0.717, 1.165) is 11.3 Å². The molecule has 1 nitrogen and oxygen atoms in total. The second-order valence-electron chi connectivity index (χ2n) is 2.84. The van der Waals surface area contributed by atoms with Gasteiger partial charge in [0.05, 0.1) is 7.11 Å². The van der Waals surface area contributed by atoms with E-state index in [1.54, 1.807) is 13.2 Å². The van der Waals surface area contributed by atoms with Gasteiger partial charge < -0.3 is 4.74 Å². The Labute approximate surface area is 93.1 Å². The first kappa shape index (κ1) is 13.5. The third kappa shape index (κ3) is 4.50. The van der Waals surface area contributed by atoms with Gasteiger partial charge in [0, 0.05) is 5.56 Å². The van der Waals surface area contributed by atoms with Crippen LogP contribution in [0.4, 0.5) is 0 Å². The van der Waals surface area contributed by atoms with Crippen molar-refractivity contribution in [1.82, 2.24) is 0 Å². The highest BCUT2D eigenvalue weighted by atomic mass is 16.5. The van der Waals surface area contributed by atoms with Crippen LogP contribution in [0.3, 0.4) is 0 Å². The maximum absolute atomic E-state index is 5.22. The topological polar surface area (TPSA) is 9.23 Å². The monoisotopic (exact) mass is 204 g/mol. The highest BCUT2D eigenvalue weighted by Crippen LogP contribution is 2.15. The lowest BCUT2D eigenvalue weighted by Crippen LogP contribution is -1.87. The molecule has 15 heavy (non-hydrogen) atoms. The molecule has 0 unspecified atom stereocenters. The minimum Gasteiger partial charge on any atom is -0.496 e. The Hall–Kier alpha value is -1.50. The van der Waals surface area contributed by atoms with Gasteiger partial charge >= 0.3 is 0 Å². The number of allylic oxidation sites excluding steroid dienone is 2. The van der Waals surface area contributed by atoms with Gasteiger partial charge in [-0.15, -0.1) is 0 Å². The number of aryl methyl sites for hydroxylation is 1. The van der Waals surface area contributed by atoms with Gasteiger partial charge in [-0.3, -0.25) is 0 Å². The number of benzene rings is 1.